The lowest BCUT2D eigenvalue weighted by Gasteiger charge is -2.08. The highest BCUT2D eigenvalue weighted by Crippen LogP contribution is 2.24. The summed E-state index contributed by atoms with van der Waals surface area (Å²) < 4.78 is 24.9. The van der Waals surface area contributed by atoms with E-state index < -0.39 is 9.84 Å². The van der Waals surface area contributed by atoms with Crippen LogP contribution in [0.5, 0.6) is 0 Å². The van der Waals surface area contributed by atoms with E-state index in [1.165, 1.54) is 18.2 Å². The minimum absolute atomic E-state index is 0.137. The fraction of sp³-hybridized carbons (Fsp3) is 0.118. The molecule has 2 rings (SSSR count). The van der Waals surface area contributed by atoms with Crippen molar-refractivity contribution in [3.63, 3.8) is 0 Å². The van der Waals surface area contributed by atoms with Crippen LogP contribution in [-0.4, -0.2) is 8.42 Å². The molecule has 1 atom stereocenters. The molecular formula is C17H15NO2S. The van der Waals surface area contributed by atoms with Gasteiger partial charge in [0.05, 0.1) is 4.90 Å². The Labute approximate surface area is 125 Å². The summed E-state index contributed by atoms with van der Waals surface area (Å²) in [5.74, 6) is -0.153. The van der Waals surface area contributed by atoms with Crippen molar-refractivity contribution in [3.05, 3.63) is 77.2 Å². The lowest BCUT2D eigenvalue weighted by molar-refractivity contribution is 0.603. The Hall–Kier alpha value is -2.38. The molecule has 0 aliphatic carbocycles. The van der Waals surface area contributed by atoms with E-state index in [4.69, 9.17) is 0 Å². The van der Waals surface area contributed by atoms with Crippen molar-refractivity contribution in [3.8, 4) is 6.07 Å². The maximum absolute atomic E-state index is 12.4. The van der Waals surface area contributed by atoms with Crippen LogP contribution in [-0.2, 0) is 9.84 Å². The van der Waals surface area contributed by atoms with Crippen molar-refractivity contribution in [1.29, 1.82) is 5.26 Å². The van der Waals surface area contributed by atoms with Crippen LogP contribution in [0.1, 0.15) is 18.4 Å². The van der Waals surface area contributed by atoms with Gasteiger partial charge in [0.2, 0.25) is 9.84 Å². The number of nitrogens with zero attached hydrogens (tertiary/aromatic N) is 1. The number of hydrogen-bond donors (Lipinski definition) is 0. The molecule has 3 nitrogen and oxygen atoms in total. The first-order valence-corrected chi connectivity index (χ1v) is 8.01. The first-order valence-electron chi connectivity index (χ1n) is 6.52. The van der Waals surface area contributed by atoms with E-state index >= 15 is 0 Å². The molecule has 0 fully saturated rings. The number of sulfone groups is 1. The highest BCUT2D eigenvalue weighted by molar-refractivity contribution is 7.95. The molecule has 1 unspecified atom stereocenters. The molecule has 0 aromatic heterocycles. The number of benzene rings is 2. The molecule has 0 amide bonds. The van der Waals surface area contributed by atoms with Crippen molar-refractivity contribution < 1.29 is 8.42 Å². The molecule has 0 N–H and O–H groups in total. The summed E-state index contributed by atoms with van der Waals surface area (Å²) in [5.41, 5.74) is 0.966. The van der Waals surface area contributed by atoms with Gasteiger partial charge in [-0.05, 0) is 23.8 Å². The number of rotatable bonds is 4. The van der Waals surface area contributed by atoms with Crippen LogP contribution in [0.4, 0.5) is 0 Å². The summed E-state index contributed by atoms with van der Waals surface area (Å²) in [6.45, 7) is 1.87. The Morgan fingerprint density at radius 2 is 1.57 bits per heavy atom. The third-order valence-corrected chi connectivity index (χ3v) is 4.88. The van der Waals surface area contributed by atoms with E-state index in [0.717, 1.165) is 5.56 Å². The van der Waals surface area contributed by atoms with Gasteiger partial charge in [0.15, 0.2) is 0 Å². The van der Waals surface area contributed by atoms with E-state index in [-0.39, 0.29) is 15.7 Å². The predicted octanol–water partition coefficient (Wildman–Crippen LogP) is 3.67. The van der Waals surface area contributed by atoms with Gasteiger partial charge in [-0.3, -0.25) is 0 Å². The van der Waals surface area contributed by atoms with Gasteiger partial charge >= 0.3 is 0 Å². The first kappa shape index (κ1) is 15.0. The van der Waals surface area contributed by atoms with Gasteiger partial charge in [0.1, 0.15) is 11.0 Å². The van der Waals surface area contributed by atoms with E-state index in [0.29, 0.717) is 0 Å². The molecule has 0 radical (unpaired) electrons. The third kappa shape index (κ3) is 3.39. The maximum atomic E-state index is 12.4. The van der Waals surface area contributed by atoms with Crippen LogP contribution in [0.25, 0.3) is 0 Å². The number of allylic oxidation sites excluding steroid dienone is 2. The fourth-order valence-electron chi connectivity index (χ4n) is 1.99. The molecule has 106 valence electrons. The molecule has 0 bridgehead atoms. The highest BCUT2D eigenvalue weighted by atomic mass is 32.2. The van der Waals surface area contributed by atoms with Crippen LogP contribution >= 0.6 is 0 Å². The van der Waals surface area contributed by atoms with Gasteiger partial charge in [-0.15, -0.1) is 0 Å². The average molecular weight is 297 g/mol. The van der Waals surface area contributed by atoms with E-state index in [2.05, 4.69) is 0 Å². The van der Waals surface area contributed by atoms with Crippen LogP contribution in [0.15, 0.2) is 76.5 Å². The minimum atomic E-state index is -3.75. The van der Waals surface area contributed by atoms with Gasteiger partial charge in [-0.1, -0.05) is 55.5 Å². The predicted molar refractivity (Wildman–Crippen MR) is 82.2 cm³/mol. The minimum Gasteiger partial charge on any atom is -0.218 e. The van der Waals surface area contributed by atoms with Crippen LogP contribution < -0.4 is 0 Å². The third-order valence-electron chi connectivity index (χ3n) is 3.18. The molecule has 0 aliphatic rings. The van der Waals surface area contributed by atoms with Crippen molar-refractivity contribution in [2.75, 3.05) is 0 Å². The molecule has 0 spiro atoms. The second kappa shape index (κ2) is 6.38. The van der Waals surface area contributed by atoms with E-state index in [9.17, 15) is 13.7 Å². The van der Waals surface area contributed by atoms with Gasteiger partial charge in [-0.2, -0.15) is 5.26 Å². The SMILES string of the molecule is CC(C=C(C#N)S(=O)(=O)c1ccccc1)c1ccccc1. The Morgan fingerprint density at radius 1 is 1.05 bits per heavy atom. The molecular weight excluding hydrogens is 282 g/mol. The zero-order valence-electron chi connectivity index (χ0n) is 11.6. The molecule has 0 aliphatic heterocycles. The Balaban J connectivity index is 2.41. The summed E-state index contributed by atoms with van der Waals surface area (Å²) in [6, 6.07) is 19.3. The topological polar surface area (TPSA) is 57.9 Å². The van der Waals surface area contributed by atoms with Crippen molar-refractivity contribution >= 4 is 9.84 Å². The first-order chi connectivity index (χ1) is 10.1. The van der Waals surface area contributed by atoms with Crippen molar-refractivity contribution in [2.24, 2.45) is 0 Å². The average Bonchev–Trinajstić information content (AvgIpc) is 2.53. The Morgan fingerprint density at radius 3 is 2.10 bits per heavy atom. The molecule has 2 aromatic rings. The Bertz CT molecular complexity index is 773. The van der Waals surface area contributed by atoms with Gasteiger partial charge in [-0.25, -0.2) is 8.42 Å². The zero-order chi connectivity index (χ0) is 15.3. The normalized spacial score (nSPS) is 13.4. The second-order valence-corrected chi connectivity index (χ2v) is 6.58. The second-order valence-electron chi connectivity index (χ2n) is 4.66. The van der Waals surface area contributed by atoms with Crippen LogP contribution in [0, 0.1) is 11.3 Å². The van der Waals surface area contributed by atoms with Gasteiger partial charge < -0.3 is 0 Å². The molecule has 0 heterocycles. The summed E-state index contributed by atoms with van der Waals surface area (Å²) in [6.07, 6.45) is 1.50. The summed E-state index contributed by atoms with van der Waals surface area (Å²) in [7, 11) is -3.75. The molecule has 2 aromatic carbocycles. The maximum Gasteiger partial charge on any atom is 0.216 e. The van der Waals surface area contributed by atoms with E-state index in [1.807, 2.05) is 43.3 Å². The standard InChI is InChI=1S/C17H15NO2S/c1-14(15-8-4-2-5-9-15)12-17(13-18)21(19,20)16-10-6-3-7-11-16/h2-12,14H,1H3. The Kier molecular flexibility index (Phi) is 4.56. The van der Waals surface area contributed by atoms with Crippen molar-refractivity contribution in [1.82, 2.24) is 0 Å². The lowest BCUT2D eigenvalue weighted by atomic mass is 10.0. The molecule has 0 saturated carbocycles. The quantitative estimate of drug-likeness (QED) is 0.809. The molecule has 21 heavy (non-hydrogen) atoms. The summed E-state index contributed by atoms with van der Waals surface area (Å²) in [4.78, 5) is -0.0804. The van der Waals surface area contributed by atoms with Crippen LogP contribution in [0.3, 0.4) is 0 Å². The summed E-state index contributed by atoms with van der Waals surface area (Å²) >= 11 is 0. The van der Waals surface area contributed by atoms with E-state index in [1.54, 1.807) is 18.2 Å². The highest BCUT2D eigenvalue weighted by Gasteiger charge is 2.21. The fourth-order valence-corrected chi connectivity index (χ4v) is 3.27. The van der Waals surface area contributed by atoms with Gasteiger partial charge in [0.25, 0.3) is 0 Å². The summed E-state index contributed by atoms with van der Waals surface area (Å²) in [5, 5.41) is 9.22. The number of nitriles is 1. The lowest BCUT2D eigenvalue weighted by Crippen LogP contribution is -2.05. The number of hydrogen-bond acceptors (Lipinski definition) is 3. The zero-order valence-corrected chi connectivity index (χ0v) is 12.4. The van der Waals surface area contributed by atoms with Crippen molar-refractivity contribution in [2.45, 2.75) is 17.7 Å². The smallest absolute Gasteiger partial charge is 0.216 e. The van der Waals surface area contributed by atoms with Crippen LogP contribution in [0.2, 0.25) is 0 Å². The monoisotopic (exact) mass is 297 g/mol. The van der Waals surface area contributed by atoms with Gasteiger partial charge in [0, 0.05) is 5.92 Å². The molecule has 4 heteroatoms. The largest absolute Gasteiger partial charge is 0.218 e. The molecule has 0 saturated heterocycles.